The van der Waals surface area contributed by atoms with Gasteiger partial charge in [0.2, 0.25) is 0 Å². The molecule has 1 aliphatic rings. The number of nitrogens with one attached hydrogen (secondary N) is 1. The first-order valence-corrected chi connectivity index (χ1v) is 7.29. The summed E-state index contributed by atoms with van der Waals surface area (Å²) in [5, 5.41) is 3.07. The molecule has 0 aliphatic heterocycles. The van der Waals surface area contributed by atoms with E-state index in [9.17, 15) is 4.79 Å². The average molecular weight is 276 g/mol. The molecular weight excluding hydrogens is 260 g/mol. The molecule has 1 aliphatic carbocycles. The highest BCUT2D eigenvalue weighted by Crippen LogP contribution is 2.33. The molecular formula is C14H16N2O2S. The van der Waals surface area contributed by atoms with Crippen LogP contribution in [0.4, 0.5) is 0 Å². The minimum absolute atomic E-state index is 0.0238. The van der Waals surface area contributed by atoms with E-state index in [0.29, 0.717) is 18.1 Å². The zero-order valence-electron chi connectivity index (χ0n) is 10.8. The van der Waals surface area contributed by atoms with Crippen molar-refractivity contribution in [3.8, 4) is 0 Å². The number of nitrogens with zero attached hydrogens (tertiary/aromatic N) is 1. The largest absolute Gasteiger partial charge is 0.383 e. The second-order valence-corrected chi connectivity index (χ2v) is 5.79. The van der Waals surface area contributed by atoms with Crippen LogP contribution in [0, 0.1) is 5.92 Å². The normalized spacial score (nSPS) is 16.5. The minimum Gasteiger partial charge on any atom is -0.383 e. The zero-order chi connectivity index (χ0) is 13.2. The number of benzene rings is 1. The van der Waals surface area contributed by atoms with Crippen molar-refractivity contribution in [1.82, 2.24) is 10.3 Å². The van der Waals surface area contributed by atoms with Gasteiger partial charge in [-0.25, -0.2) is 4.98 Å². The molecule has 1 unspecified atom stereocenters. The van der Waals surface area contributed by atoms with Gasteiger partial charge in [-0.3, -0.25) is 4.79 Å². The molecule has 1 atom stereocenters. The summed E-state index contributed by atoms with van der Waals surface area (Å²) in [6.45, 7) is 0.583. The van der Waals surface area contributed by atoms with Crippen LogP contribution in [-0.2, 0) is 4.74 Å². The minimum atomic E-state index is -0.0238. The predicted molar refractivity (Wildman–Crippen MR) is 75.5 cm³/mol. The number of hydrogen-bond acceptors (Lipinski definition) is 4. The molecule has 1 fully saturated rings. The van der Waals surface area contributed by atoms with Gasteiger partial charge in [0.1, 0.15) is 0 Å². The first-order valence-electron chi connectivity index (χ1n) is 6.41. The highest BCUT2D eigenvalue weighted by molar-refractivity contribution is 7.16. The Morgan fingerprint density at radius 1 is 1.58 bits per heavy atom. The van der Waals surface area contributed by atoms with Crippen LogP contribution in [0.25, 0.3) is 10.2 Å². The van der Waals surface area contributed by atoms with E-state index in [1.807, 2.05) is 18.2 Å². The molecule has 2 aromatic rings. The third-order valence-corrected chi connectivity index (χ3v) is 4.24. The van der Waals surface area contributed by atoms with Gasteiger partial charge in [0.05, 0.1) is 28.4 Å². The highest BCUT2D eigenvalue weighted by Gasteiger charge is 2.32. The Balaban J connectivity index is 1.74. The van der Waals surface area contributed by atoms with E-state index in [1.54, 1.807) is 24.0 Å². The van der Waals surface area contributed by atoms with Crippen LogP contribution in [0.15, 0.2) is 23.7 Å². The summed E-state index contributed by atoms with van der Waals surface area (Å²) in [6.07, 6.45) is 2.37. The third kappa shape index (κ3) is 2.77. The van der Waals surface area contributed by atoms with Crippen LogP contribution in [-0.4, -0.2) is 30.6 Å². The maximum absolute atomic E-state index is 12.2. The number of carbonyl (C=O) groups is 1. The summed E-state index contributed by atoms with van der Waals surface area (Å²) < 4.78 is 6.22. The number of fused-ring (bicyclic) bond motifs is 1. The molecule has 1 heterocycles. The van der Waals surface area contributed by atoms with E-state index >= 15 is 0 Å². The fourth-order valence-electron chi connectivity index (χ4n) is 2.22. The molecule has 1 aromatic carbocycles. The molecule has 1 aromatic heterocycles. The van der Waals surface area contributed by atoms with Crippen LogP contribution in [0.5, 0.6) is 0 Å². The number of ether oxygens (including phenoxy) is 1. The van der Waals surface area contributed by atoms with Crippen molar-refractivity contribution in [3.63, 3.8) is 0 Å². The Labute approximate surface area is 115 Å². The number of hydrogen-bond donors (Lipinski definition) is 1. The fourth-order valence-corrected chi connectivity index (χ4v) is 2.94. The Kier molecular flexibility index (Phi) is 3.48. The van der Waals surface area contributed by atoms with Crippen molar-refractivity contribution < 1.29 is 9.53 Å². The summed E-state index contributed by atoms with van der Waals surface area (Å²) in [4.78, 5) is 16.5. The number of amides is 1. The maximum Gasteiger partial charge on any atom is 0.251 e. The third-order valence-electron chi connectivity index (χ3n) is 3.45. The lowest BCUT2D eigenvalue weighted by molar-refractivity contribution is 0.0884. The zero-order valence-corrected chi connectivity index (χ0v) is 11.6. The van der Waals surface area contributed by atoms with Crippen LogP contribution < -0.4 is 5.32 Å². The molecule has 1 saturated carbocycles. The van der Waals surface area contributed by atoms with Gasteiger partial charge < -0.3 is 10.1 Å². The number of rotatable bonds is 5. The summed E-state index contributed by atoms with van der Waals surface area (Å²) in [5.74, 6) is 0.556. The van der Waals surface area contributed by atoms with E-state index < -0.39 is 0 Å². The van der Waals surface area contributed by atoms with Crippen LogP contribution in [0.1, 0.15) is 23.2 Å². The molecule has 5 heteroatoms. The van der Waals surface area contributed by atoms with Gasteiger partial charge in [0.15, 0.2) is 0 Å². The molecule has 4 nitrogen and oxygen atoms in total. The average Bonchev–Trinajstić information content (AvgIpc) is 3.15. The number of thiazole rings is 1. The Morgan fingerprint density at radius 3 is 3.16 bits per heavy atom. The highest BCUT2D eigenvalue weighted by atomic mass is 32.1. The first-order chi connectivity index (χ1) is 9.28. The second-order valence-electron chi connectivity index (χ2n) is 4.91. The lowest BCUT2D eigenvalue weighted by Gasteiger charge is -2.17. The van der Waals surface area contributed by atoms with Crippen LogP contribution in [0.2, 0.25) is 0 Å². The number of aromatic nitrogens is 1. The van der Waals surface area contributed by atoms with Crippen molar-refractivity contribution in [1.29, 1.82) is 0 Å². The Hall–Kier alpha value is -1.46. The van der Waals surface area contributed by atoms with Crippen LogP contribution >= 0.6 is 11.3 Å². The van der Waals surface area contributed by atoms with E-state index in [2.05, 4.69) is 10.3 Å². The monoisotopic (exact) mass is 276 g/mol. The van der Waals surface area contributed by atoms with E-state index in [1.165, 1.54) is 12.8 Å². The topological polar surface area (TPSA) is 51.2 Å². The van der Waals surface area contributed by atoms with E-state index in [-0.39, 0.29) is 11.9 Å². The molecule has 100 valence electrons. The smallest absolute Gasteiger partial charge is 0.251 e. The van der Waals surface area contributed by atoms with Gasteiger partial charge >= 0.3 is 0 Å². The van der Waals surface area contributed by atoms with Gasteiger partial charge in [-0.05, 0) is 37.0 Å². The van der Waals surface area contributed by atoms with Crippen molar-refractivity contribution in [2.45, 2.75) is 18.9 Å². The second kappa shape index (κ2) is 5.27. The van der Waals surface area contributed by atoms with Crippen molar-refractivity contribution in [2.75, 3.05) is 13.7 Å². The molecule has 3 rings (SSSR count). The summed E-state index contributed by atoms with van der Waals surface area (Å²) in [7, 11) is 1.67. The number of methoxy groups -OCH3 is 1. The van der Waals surface area contributed by atoms with E-state index in [0.717, 1.165) is 10.2 Å². The van der Waals surface area contributed by atoms with Crippen molar-refractivity contribution in [2.24, 2.45) is 5.92 Å². The molecule has 0 saturated heterocycles. The summed E-state index contributed by atoms with van der Waals surface area (Å²) in [6, 6.07) is 5.76. The molecule has 0 bridgehead atoms. The maximum atomic E-state index is 12.2. The lowest BCUT2D eigenvalue weighted by Crippen LogP contribution is -2.39. The summed E-state index contributed by atoms with van der Waals surface area (Å²) >= 11 is 1.55. The molecule has 0 radical (unpaired) electrons. The number of carbonyl (C=O) groups excluding carboxylic acids is 1. The van der Waals surface area contributed by atoms with Crippen molar-refractivity contribution in [3.05, 3.63) is 29.3 Å². The van der Waals surface area contributed by atoms with Gasteiger partial charge in [0.25, 0.3) is 5.91 Å². The lowest BCUT2D eigenvalue weighted by atomic mass is 10.1. The quantitative estimate of drug-likeness (QED) is 0.912. The van der Waals surface area contributed by atoms with Gasteiger partial charge in [-0.2, -0.15) is 0 Å². The Morgan fingerprint density at radius 2 is 2.42 bits per heavy atom. The standard InChI is InChI=1S/C14H16N2O2S/c1-18-7-12(9-2-3-9)16-14(17)10-4-5-11-13(6-10)19-8-15-11/h4-6,8-9,12H,2-3,7H2,1H3,(H,16,17). The SMILES string of the molecule is COCC(NC(=O)c1ccc2ncsc2c1)C1CC1. The van der Waals surface area contributed by atoms with Crippen LogP contribution in [0.3, 0.4) is 0 Å². The van der Waals surface area contributed by atoms with Gasteiger partial charge in [-0.1, -0.05) is 0 Å². The molecule has 19 heavy (non-hydrogen) atoms. The first kappa shape index (κ1) is 12.6. The Bertz CT molecular complexity index is 592. The van der Waals surface area contributed by atoms with Gasteiger partial charge in [0, 0.05) is 12.7 Å². The van der Waals surface area contributed by atoms with Crippen molar-refractivity contribution >= 4 is 27.5 Å². The molecule has 1 amide bonds. The van der Waals surface area contributed by atoms with E-state index in [4.69, 9.17) is 4.74 Å². The molecule has 1 N–H and O–H groups in total. The summed E-state index contributed by atoms with van der Waals surface area (Å²) in [5.41, 5.74) is 3.43. The predicted octanol–water partition coefficient (Wildman–Crippen LogP) is 2.45. The fraction of sp³-hybridized carbons (Fsp3) is 0.429. The molecule has 0 spiro atoms. The van der Waals surface area contributed by atoms with Gasteiger partial charge in [-0.15, -0.1) is 11.3 Å².